The summed E-state index contributed by atoms with van der Waals surface area (Å²) in [6, 6.07) is 0. The molecule has 2 unspecified atom stereocenters. The number of carbonyl (C=O) groups is 2. The molecule has 1 aliphatic heterocycles. The SMILES string of the molecule is CC(C)(C)OC(=O)C1=C2C=CC(O)OC2CC1=O. The molecule has 1 N–H and O–H groups in total. The first-order chi connectivity index (χ1) is 8.28. The number of hydrogen-bond acceptors (Lipinski definition) is 5. The summed E-state index contributed by atoms with van der Waals surface area (Å²) < 4.78 is 10.4. The monoisotopic (exact) mass is 252 g/mol. The van der Waals surface area contributed by atoms with E-state index < -0.39 is 24.0 Å². The maximum Gasteiger partial charge on any atom is 0.342 e. The van der Waals surface area contributed by atoms with Crippen molar-refractivity contribution in [2.45, 2.75) is 45.2 Å². The van der Waals surface area contributed by atoms with Gasteiger partial charge in [0, 0.05) is 6.42 Å². The van der Waals surface area contributed by atoms with E-state index in [4.69, 9.17) is 9.47 Å². The molecule has 98 valence electrons. The van der Waals surface area contributed by atoms with Gasteiger partial charge in [-0.3, -0.25) is 4.79 Å². The number of ketones is 1. The molecular formula is C13H16O5. The molecule has 5 heteroatoms. The molecule has 0 aromatic rings. The Morgan fingerprint density at radius 1 is 1.50 bits per heavy atom. The Morgan fingerprint density at radius 3 is 2.78 bits per heavy atom. The van der Waals surface area contributed by atoms with Crippen LogP contribution in [0.25, 0.3) is 0 Å². The smallest absolute Gasteiger partial charge is 0.342 e. The van der Waals surface area contributed by atoms with Gasteiger partial charge in [0.25, 0.3) is 0 Å². The summed E-state index contributed by atoms with van der Waals surface area (Å²) in [5.74, 6) is -0.933. The van der Waals surface area contributed by atoms with Crippen LogP contribution >= 0.6 is 0 Å². The van der Waals surface area contributed by atoms with Crippen LogP contribution in [0.3, 0.4) is 0 Å². The summed E-state index contributed by atoms with van der Waals surface area (Å²) >= 11 is 0. The van der Waals surface area contributed by atoms with Crippen LogP contribution < -0.4 is 0 Å². The van der Waals surface area contributed by atoms with Crippen molar-refractivity contribution < 1.29 is 24.2 Å². The Balaban J connectivity index is 2.30. The highest BCUT2D eigenvalue weighted by Gasteiger charge is 2.39. The van der Waals surface area contributed by atoms with E-state index in [0.29, 0.717) is 5.57 Å². The Hall–Kier alpha value is -1.46. The summed E-state index contributed by atoms with van der Waals surface area (Å²) in [6.45, 7) is 5.22. The van der Waals surface area contributed by atoms with Crippen molar-refractivity contribution in [3.63, 3.8) is 0 Å². The quantitative estimate of drug-likeness (QED) is 0.553. The van der Waals surface area contributed by atoms with Crippen molar-refractivity contribution in [1.29, 1.82) is 0 Å². The lowest BCUT2D eigenvalue weighted by molar-refractivity contribution is -0.150. The third-order valence-corrected chi connectivity index (χ3v) is 2.63. The maximum atomic E-state index is 12.0. The first-order valence-electron chi connectivity index (χ1n) is 5.80. The topological polar surface area (TPSA) is 72.8 Å². The molecule has 0 bridgehead atoms. The van der Waals surface area contributed by atoms with Crippen LogP contribution in [0.1, 0.15) is 27.2 Å². The minimum atomic E-state index is -1.02. The normalized spacial score (nSPS) is 27.4. The van der Waals surface area contributed by atoms with Gasteiger partial charge >= 0.3 is 5.97 Å². The van der Waals surface area contributed by atoms with Crippen LogP contribution in [0, 0.1) is 0 Å². The van der Waals surface area contributed by atoms with Crippen LogP contribution in [0.2, 0.25) is 0 Å². The Labute approximate surface area is 105 Å². The van der Waals surface area contributed by atoms with Crippen molar-refractivity contribution in [1.82, 2.24) is 0 Å². The third kappa shape index (κ3) is 2.52. The van der Waals surface area contributed by atoms with Crippen LogP contribution in [-0.4, -0.2) is 34.9 Å². The van der Waals surface area contributed by atoms with E-state index in [0.717, 1.165) is 0 Å². The largest absolute Gasteiger partial charge is 0.456 e. The number of esters is 1. The summed E-state index contributed by atoms with van der Waals surface area (Å²) in [5.41, 5.74) is -0.112. The Kier molecular flexibility index (Phi) is 3.12. The van der Waals surface area contributed by atoms with Gasteiger partial charge < -0.3 is 14.6 Å². The molecule has 0 radical (unpaired) electrons. The number of aliphatic hydroxyl groups is 1. The van der Waals surface area contributed by atoms with Crippen LogP contribution in [0.15, 0.2) is 23.3 Å². The fourth-order valence-corrected chi connectivity index (χ4v) is 1.97. The van der Waals surface area contributed by atoms with E-state index >= 15 is 0 Å². The number of aliphatic hydroxyl groups excluding tert-OH is 1. The maximum absolute atomic E-state index is 12.0. The highest BCUT2D eigenvalue weighted by molar-refractivity contribution is 6.20. The number of carbonyl (C=O) groups excluding carboxylic acids is 2. The number of rotatable bonds is 1. The lowest BCUT2D eigenvalue weighted by Gasteiger charge is -2.22. The van der Waals surface area contributed by atoms with Gasteiger partial charge in [-0.05, 0) is 32.4 Å². The van der Waals surface area contributed by atoms with Crippen molar-refractivity contribution >= 4 is 11.8 Å². The second-order valence-corrected chi connectivity index (χ2v) is 5.33. The lowest BCUT2D eigenvalue weighted by Crippen LogP contribution is -2.27. The zero-order valence-corrected chi connectivity index (χ0v) is 10.6. The number of fused-ring (bicyclic) bond motifs is 1. The molecule has 0 amide bonds. The standard InChI is InChI=1S/C13H16O5/c1-13(2,3)18-12(16)11-7-4-5-10(15)17-9(7)6-8(11)14/h4-5,9-10,15H,6H2,1-3H3. The molecule has 2 aliphatic rings. The first-order valence-corrected chi connectivity index (χ1v) is 5.80. The van der Waals surface area contributed by atoms with Crippen LogP contribution in [0.4, 0.5) is 0 Å². The molecule has 18 heavy (non-hydrogen) atoms. The molecule has 0 aromatic carbocycles. The molecule has 5 nitrogen and oxygen atoms in total. The Bertz CT molecular complexity index is 452. The Morgan fingerprint density at radius 2 is 2.17 bits per heavy atom. The second kappa shape index (κ2) is 4.33. The van der Waals surface area contributed by atoms with Gasteiger partial charge in [-0.1, -0.05) is 6.08 Å². The van der Waals surface area contributed by atoms with Gasteiger partial charge in [0.2, 0.25) is 0 Å². The number of ether oxygens (including phenoxy) is 2. The molecule has 1 heterocycles. The highest BCUT2D eigenvalue weighted by atomic mass is 16.6. The number of Topliss-reactive ketones (excluding diaryl/α,β-unsaturated/α-hetero) is 1. The molecule has 0 aromatic heterocycles. The fourth-order valence-electron chi connectivity index (χ4n) is 1.97. The van der Waals surface area contributed by atoms with E-state index in [2.05, 4.69) is 0 Å². The van der Waals surface area contributed by atoms with Crippen molar-refractivity contribution in [3.05, 3.63) is 23.3 Å². The van der Waals surface area contributed by atoms with Gasteiger partial charge in [0.05, 0.1) is 6.10 Å². The van der Waals surface area contributed by atoms with Gasteiger partial charge in [0.15, 0.2) is 12.1 Å². The molecule has 2 atom stereocenters. The average Bonchev–Trinajstić information content (AvgIpc) is 2.50. The molecule has 0 saturated carbocycles. The molecule has 0 fully saturated rings. The summed E-state index contributed by atoms with van der Waals surface area (Å²) in [5, 5.41) is 9.29. The van der Waals surface area contributed by atoms with Crippen molar-refractivity contribution in [2.75, 3.05) is 0 Å². The molecule has 0 spiro atoms. The predicted molar refractivity (Wildman–Crippen MR) is 62.5 cm³/mol. The third-order valence-electron chi connectivity index (χ3n) is 2.63. The second-order valence-electron chi connectivity index (χ2n) is 5.33. The van der Waals surface area contributed by atoms with E-state index in [9.17, 15) is 14.7 Å². The average molecular weight is 252 g/mol. The van der Waals surface area contributed by atoms with Crippen molar-refractivity contribution in [3.8, 4) is 0 Å². The summed E-state index contributed by atoms with van der Waals surface area (Å²) in [7, 11) is 0. The van der Waals surface area contributed by atoms with Gasteiger partial charge in [0.1, 0.15) is 11.2 Å². The molecule has 0 saturated heterocycles. The van der Waals surface area contributed by atoms with E-state index in [-0.39, 0.29) is 17.8 Å². The highest BCUT2D eigenvalue weighted by Crippen LogP contribution is 2.32. The minimum Gasteiger partial charge on any atom is -0.456 e. The van der Waals surface area contributed by atoms with E-state index in [1.807, 2.05) is 0 Å². The zero-order chi connectivity index (χ0) is 13.5. The lowest BCUT2D eigenvalue weighted by atomic mass is 10.1. The van der Waals surface area contributed by atoms with Gasteiger partial charge in [-0.25, -0.2) is 4.79 Å². The molecule has 1 aliphatic carbocycles. The van der Waals surface area contributed by atoms with Gasteiger partial charge in [-0.15, -0.1) is 0 Å². The van der Waals surface area contributed by atoms with Crippen LogP contribution in [-0.2, 0) is 19.1 Å². The van der Waals surface area contributed by atoms with E-state index in [1.54, 1.807) is 26.8 Å². The van der Waals surface area contributed by atoms with Crippen LogP contribution in [0.5, 0.6) is 0 Å². The minimum absolute atomic E-state index is 0.0399. The zero-order valence-electron chi connectivity index (χ0n) is 10.6. The predicted octanol–water partition coefficient (Wildman–Crippen LogP) is 0.871. The van der Waals surface area contributed by atoms with Crippen molar-refractivity contribution in [2.24, 2.45) is 0 Å². The summed E-state index contributed by atoms with van der Waals surface area (Å²) in [4.78, 5) is 23.8. The van der Waals surface area contributed by atoms with E-state index in [1.165, 1.54) is 6.08 Å². The molecule has 2 rings (SSSR count). The number of hydrogen-bond donors (Lipinski definition) is 1. The molecular weight excluding hydrogens is 236 g/mol. The fraction of sp³-hybridized carbons (Fsp3) is 0.538. The summed E-state index contributed by atoms with van der Waals surface area (Å²) in [6.07, 6.45) is 1.47. The van der Waals surface area contributed by atoms with Gasteiger partial charge in [-0.2, -0.15) is 0 Å². The first kappa shape index (κ1) is 13.0.